The standard InChI is InChI=1S/C4H6NS/c1-4(6)2-3-5/h4H,2H2,1H3. The van der Waals surface area contributed by atoms with Gasteiger partial charge in [0, 0.05) is 11.7 Å². The number of nitrogens with zero attached hydrogens (tertiary/aromatic N) is 1. The second kappa shape index (κ2) is 3.05. The van der Waals surface area contributed by atoms with Crippen LogP contribution < -0.4 is 0 Å². The summed E-state index contributed by atoms with van der Waals surface area (Å²) in [5.41, 5.74) is 0. The van der Waals surface area contributed by atoms with Gasteiger partial charge in [-0.15, -0.1) is 0 Å². The van der Waals surface area contributed by atoms with Crippen molar-refractivity contribution < 1.29 is 0 Å². The van der Waals surface area contributed by atoms with Gasteiger partial charge in [-0.2, -0.15) is 5.26 Å². The van der Waals surface area contributed by atoms with Crippen LogP contribution in [0, 0.1) is 11.3 Å². The van der Waals surface area contributed by atoms with Gasteiger partial charge in [0.1, 0.15) is 0 Å². The Morgan fingerprint density at radius 1 is 2.00 bits per heavy atom. The summed E-state index contributed by atoms with van der Waals surface area (Å²) in [6.07, 6.45) is 0.495. The van der Waals surface area contributed by atoms with E-state index in [9.17, 15) is 0 Å². The van der Waals surface area contributed by atoms with Crippen LogP contribution in [0.1, 0.15) is 13.3 Å². The average Bonchev–Trinajstić information content (AvgIpc) is 1.35. The van der Waals surface area contributed by atoms with E-state index in [0.29, 0.717) is 6.42 Å². The highest BCUT2D eigenvalue weighted by Gasteiger charge is 1.88. The van der Waals surface area contributed by atoms with Crippen molar-refractivity contribution in [3.05, 3.63) is 0 Å². The van der Waals surface area contributed by atoms with Gasteiger partial charge < -0.3 is 0 Å². The fraction of sp³-hybridized carbons (Fsp3) is 0.750. The molecule has 0 fully saturated rings. The van der Waals surface area contributed by atoms with E-state index in [1.807, 2.05) is 13.0 Å². The minimum absolute atomic E-state index is 0.120. The lowest BCUT2D eigenvalue weighted by atomic mass is 10.4. The zero-order valence-corrected chi connectivity index (χ0v) is 4.46. The van der Waals surface area contributed by atoms with Crippen molar-refractivity contribution in [2.75, 3.05) is 0 Å². The van der Waals surface area contributed by atoms with Gasteiger partial charge in [-0.1, -0.05) is 19.6 Å². The summed E-state index contributed by atoms with van der Waals surface area (Å²) in [6, 6.07) is 1.96. The van der Waals surface area contributed by atoms with Crippen LogP contribution in [0.2, 0.25) is 0 Å². The fourth-order valence-corrected chi connectivity index (χ4v) is 0.203. The van der Waals surface area contributed by atoms with Crippen LogP contribution in [-0.2, 0) is 0 Å². The average molecular weight is 100 g/mol. The lowest BCUT2D eigenvalue weighted by Gasteiger charge is -1.85. The second-order valence-electron chi connectivity index (χ2n) is 1.17. The molecule has 0 saturated carbocycles. The maximum atomic E-state index is 7.92. The molecular formula is C4H6NS. The molecule has 0 aromatic carbocycles. The van der Waals surface area contributed by atoms with Gasteiger partial charge in [0.25, 0.3) is 0 Å². The highest BCUT2D eigenvalue weighted by Crippen LogP contribution is 1.94. The molecule has 0 bridgehead atoms. The minimum atomic E-state index is 0.120. The summed E-state index contributed by atoms with van der Waals surface area (Å²) in [5, 5.41) is 8.04. The molecule has 0 aliphatic heterocycles. The molecule has 0 N–H and O–H groups in total. The maximum absolute atomic E-state index is 7.92. The molecule has 2 heteroatoms. The minimum Gasteiger partial charge on any atom is -0.198 e. The fourth-order valence-electron chi connectivity index (χ4n) is 0.129. The van der Waals surface area contributed by atoms with Crippen molar-refractivity contribution in [2.24, 2.45) is 0 Å². The van der Waals surface area contributed by atoms with Crippen LogP contribution in [-0.4, -0.2) is 5.25 Å². The molecule has 0 aromatic rings. The van der Waals surface area contributed by atoms with Crippen LogP contribution in [0.3, 0.4) is 0 Å². The van der Waals surface area contributed by atoms with Gasteiger partial charge in [-0.05, 0) is 0 Å². The van der Waals surface area contributed by atoms with Gasteiger partial charge in [0.2, 0.25) is 0 Å². The molecule has 1 radical (unpaired) electrons. The summed E-state index contributed by atoms with van der Waals surface area (Å²) in [7, 11) is 0. The van der Waals surface area contributed by atoms with Crippen LogP contribution in [0.25, 0.3) is 0 Å². The summed E-state index contributed by atoms with van der Waals surface area (Å²) < 4.78 is 0. The molecule has 0 aliphatic rings. The summed E-state index contributed by atoms with van der Waals surface area (Å²) >= 11 is 4.66. The van der Waals surface area contributed by atoms with Crippen molar-refractivity contribution >= 4 is 12.6 Å². The highest BCUT2D eigenvalue weighted by molar-refractivity contribution is 7.80. The summed E-state index contributed by atoms with van der Waals surface area (Å²) in [4.78, 5) is 0. The molecule has 0 aromatic heterocycles. The SMILES string of the molecule is CC([S])CC#N. The molecule has 1 nitrogen and oxygen atoms in total. The van der Waals surface area contributed by atoms with Crippen LogP contribution >= 0.6 is 12.6 Å². The Hall–Kier alpha value is -0.160. The normalized spacial score (nSPS) is 12.8. The van der Waals surface area contributed by atoms with Gasteiger partial charge >= 0.3 is 0 Å². The number of rotatable bonds is 1. The van der Waals surface area contributed by atoms with E-state index in [0.717, 1.165) is 0 Å². The zero-order chi connectivity index (χ0) is 4.99. The van der Waals surface area contributed by atoms with E-state index in [1.54, 1.807) is 0 Å². The molecule has 1 atom stereocenters. The Bertz CT molecular complexity index is 62.4. The topological polar surface area (TPSA) is 23.8 Å². The molecule has 0 rings (SSSR count). The Kier molecular flexibility index (Phi) is 2.97. The van der Waals surface area contributed by atoms with Crippen molar-refractivity contribution in [2.45, 2.75) is 18.6 Å². The Morgan fingerprint density at radius 2 is 2.50 bits per heavy atom. The predicted molar refractivity (Wildman–Crippen MR) is 27.3 cm³/mol. The molecule has 0 heterocycles. The monoisotopic (exact) mass is 100 g/mol. The van der Waals surface area contributed by atoms with Gasteiger partial charge in [-0.25, -0.2) is 0 Å². The molecule has 6 heavy (non-hydrogen) atoms. The van der Waals surface area contributed by atoms with E-state index in [1.165, 1.54) is 0 Å². The largest absolute Gasteiger partial charge is 0.198 e. The van der Waals surface area contributed by atoms with Crippen LogP contribution in [0.5, 0.6) is 0 Å². The first-order valence-corrected chi connectivity index (χ1v) is 2.27. The lowest BCUT2D eigenvalue weighted by Crippen LogP contribution is -1.84. The number of nitriles is 1. The van der Waals surface area contributed by atoms with E-state index in [4.69, 9.17) is 5.26 Å². The Balaban J connectivity index is 2.88. The predicted octanol–water partition coefficient (Wildman–Crippen LogP) is 1.49. The molecule has 0 saturated heterocycles. The van der Waals surface area contributed by atoms with Gasteiger partial charge in [0.05, 0.1) is 6.07 Å². The smallest absolute Gasteiger partial charge is 0.0633 e. The first kappa shape index (κ1) is 5.84. The van der Waals surface area contributed by atoms with Gasteiger partial charge in [-0.3, -0.25) is 0 Å². The van der Waals surface area contributed by atoms with Crippen molar-refractivity contribution in [1.82, 2.24) is 0 Å². The lowest BCUT2D eigenvalue weighted by molar-refractivity contribution is 1.000. The highest BCUT2D eigenvalue weighted by atomic mass is 32.1. The van der Waals surface area contributed by atoms with E-state index in [-0.39, 0.29) is 5.25 Å². The molecule has 1 unspecified atom stereocenters. The van der Waals surface area contributed by atoms with E-state index < -0.39 is 0 Å². The molecule has 0 amide bonds. The Labute approximate surface area is 43.4 Å². The van der Waals surface area contributed by atoms with Crippen LogP contribution in [0.15, 0.2) is 0 Å². The van der Waals surface area contributed by atoms with Gasteiger partial charge in [0.15, 0.2) is 0 Å². The first-order chi connectivity index (χ1) is 2.77. The Morgan fingerprint density at radius 3 is 2.50 bits per heavy atom. The quantitative estimate of drug-likeness (QED) is 0.489. The zero-order valence-electron chi connectivity index (χ0n) is 3.64. The second-order valence-corrected chi connectivity index (χ2v) is 1.98. The van der Waals surface area contributed by atoms with Crippen LogP contribution in [0.4, 0.5) is 0 Å². The van der Waals surface area contributed by atoms with E-state index >= 15 is 0 Å². The van der Waals surface area contributed by atoms with Crippen molar-refractivity contribution in [1.29, 1.82) is 5.26 Å². The van der Waals surface area contributed by atoms with E-state index in [2.05, 4.69) is 12.6 Å². The maximum Gasteiger partial charge on any atom is 0.0633 e. The third-order valence-corrected chi connectivity index (χ3v) is 0.545. The molecule has 0 spiro atoms. The molecule has 33 valence electrons. The molecule has 0 aliphatic carbocycles. The third kappa shape index (κ3) is 3.84. The summed E-state index contributed by atoms with van der Waals surface area (Å²) in [5.74, 6) is 0. The first-order valence-electron chi connectivity index (χ1n) is 1.80. The van der Waals surface area contributed by atoms with Crippen molar-refractivity contribution in [3.63, 3.8) is 0 Å². The third-order valence-electron chi connectivity index (χ3n) is 0.379. The molecular weight excluding hydrogens is 94.1 g/mol. The van der Waals surface area contributed by atoms with Crippen molar-refractivity contribution in [3.8, 4) is 6.07 Å². The number of hydrogen-bond donors (Lipinski definition) is 0. The number of hydrogen-bond acceptors (Lipinski definition) is 1. The summed E-state index contributed by atoms with van der Waals surface area (Å²) in [6.45, 7) is 1.85.